The highest BCUT2D eigenvalue weighted by atomic mass is 19.4. The number of aliphatic hydroxyl groups is 1. The third kappa shape index (κ3) is 6.14. The monoisotopic (exact) mass is 466 g/mol. The molecule has 2 heterocycles. The topological polar surface area (TPSA) is 68.7 Å². The lowest BCUT2D eigenvalue weighted by atomic mass is 9.94. The van der Waals surface area contributed by atoms with Crippen molar-refractivity contribution in [3.8, 4) is 0 Å². The van der Waals surface area contributed by atoms with E-state index in [9.17, 15) is 23.1 Å². The third-order valence-electron chi connectivity index (χ3n) is 6.28. The fourth-order valence-electron chi connectivity index (χ4n) is 4.70. The zero-order chi connectivity index (χ0) is 24.2. The number of alkyl halides is 3. The van der Waals surface area contributed by atoms with Gasteiger partial charge < -0.3 is 15.3 Å². The molecule has 2 N–H and O–H groups in total. The number of nitrogens with zero attached hydrogens (tertiary/aromatic N) is 3. The zero-order valence-electron chi connectivity index (χ0n) is 19.4. The zero-order valence-corrected chi connectivity index (χ0v) is 19.4. The summed E-state index contributed by atoms with van der Waals surface area (Å²) in [5, 5.41) is 13.7. The Morgan fingerprint density at radius 1 is 1.27 bits per heavy atom. The number of hydrogen-bond donors (Lipinski definition) is 2. The van der Waals surface area contributed by atoms with Crippen LogP contribution in [0.2, 0.25) is 0 Å². The van der Waals surface area contributed by atoms with E-state index in [0.29, 0.717) is 43.7 Å². The van der Waals surface area contributed by atoms with Crippen LogP contribution in [0.25, 0.3) is 10.9 Å². The molecule has 0 spiro atoms. The largest absolute Gasteiger partial charge is 0.418 e. The lowest BCUT2D eigenvalue weighted by Gasteiger charge is -2.39. The summed E-state index contributed by atoms with van der Waals surface area (Å²) < 4.78 is 40.4. The van der Waals surface area contributed by atoms with Crippen molar-refractivity contribution in [1.29, 1.82) is 0 Å². The number of fused-ring (bicyclic) bond motifs is 1. The first-order chi connectivity index (χ1) is 15.6. The van der Waals surface area contributed by atoms with Gasteiger partial charge in [0.2, 0.25) is 5.91 Å². The van der Waals surface area contributed by atoms with E-state index in [1.807, 2.05) is 23.6 Å². The molecule has 0 radical (unpaired) electrons. The van der Waals surface area contributed by atoms with Crippen molar-refractivity contribution in [2.75, 3.05) is 31.1 Å². The number of pyridine rings is 1. The van der Waals surface area contributed by atoms with Crippen LogP contribution in [0.3, 0.4) is 0 Å². The summed E-state index contributed by atoms with van der Waals surface area (Å²) in [6.45, 7) is 8.61. The Labute approximate surface area is 192 Å². The molecule has 9 heteroatoms. The number of hydrogen-bond acceptors (Lipinski definition) is 5. The number of carbonyl (C=O) groups excluding carboxylic acids is 1. The molecule has 3 rings (SSSR count). The van der Waals surface area contributed by atoms with E-state index in [-0.39, 0.29) is 29.8 Å². The first-order valence-electron chi connectivity index (χ1n) is 11.5. The fourth-order valence-corrected chi connectivity index (χ4v) is 4.70. The summed E-state index contributed by atoms with van der Waals surface area (Å²) in [5.74, 6) is 0.124. The first-order valence-corrected chi connectivity index (χ1v) is 11.5. The molecular formula is C24H33F3N4O2. The van der Waals surface area contributed by atoms with Crippen LogP contribution in [0.4, 0.5) is 18.9 Å². The number of aromatic nitrogens is 1. The van der Waals surface area contributed by atoms with E-state index in [2.05, 4.69) is 17.2 Å². The molecule has 3 atom stereocenters. The Morgan fingerprint density at radius 2 is 2.00 bits per heavy atom. The number of halogens is 3. The third-order valence-corrected chi connectivity index (χ3v) is 6.28. The van der Waals surface area contributed by atoms with Gasteiger partial charge in [-0.25, -0.2) is 0 Å². The second kappa shape index (κ2) is 10.7. The van der Waals surface area contributed by atoms with Gasteiger partial charge in [-0.05, 0) is 56.1 Å². The van der Waals surface area contributed by atoms with Crippen molar-refractivity contribution in [1.82, 2.24) is 15.2 Å². The predicted octanol–water partition coefficient (Wildman–Crippen LogP) is 4.03. The summed E-state index contributed by atoms with van der Waals surface area (Å²) >= 11 is 0. The van der Waals surface area contributed by atoms with E-state index >= 15 is 0 Å². The fraction of sp³-hybridized carbons (Fsp3) is 0.583. The van der Waals surface area contributed by atoms with Crippen molar-refractivity contribution >= 4 is 22.5 Å². The van der Waals surface area contributed by atoms with Crippen LogP contribution in [0.1, 0.15) is 45.6 Å². The van der Waals surface area contributed by atoms with Crippen LogP contribution in [0.5, 0.6) is 0 Å². The lowest BCUT2D eigenvalue weighted by molar-refractivity contribution is -0.136. The number of amides is 1. The molecule has 182 valence electrons. The molecule has 0 aliphatic carbocycles. The van der Waals surface area contributed by atoms with E-state index in [1.165, 1.54) is 12.3 Å². The van der Waals surface area contributed by atoms with Crippen molar-refractivity contribution in [3.63, 3.8) is 0 Å². The number of nitrogens with one attached hydrogen (secondary N) is 1. The van der Waals surface area contributed by atoms with Crippen LogP contribution in [0.15, 0.2) is 30.5 Å². The van der Waals surface area contributed by atoms with E-state index in [0.717, 1.165) is 12.5 Å². The Hall–Kier alpha value is -2.39. The van der Waals surface area contributed by atoms with Crippen LogP contribution in [0, 0.1) is 5.92 Å². The molecule has 2 aromatic rings. The van der Waals surface area contributed by atoms with Crippen LogP contribution >= 0.6 is 0 Å². The van der Waals surface area contributed by atoms with Gasteiger partial charge in [0.15, 0.2) is 0 Å². The number of aliphatic hydroxyl groups excluding tert-OH is 1. The van der Waals surface area contributed by atoms with E-state index < -0.39 is 18.0 Å². The highest BCUT2D eigenvalue weighted by Gasteiger charge is 2.35. The smallest absolute Gasteiger partial charge is 0.378 e. The number of anilines is 1. The molecule has 1 fully saturated rings. The molecule has 1 aliphatic heterocycles. The second-order valence-electron chi connectivity index (χ2n) is 8.78. The Kier molecular flexibility index (Phi) is 8.18. The molecule has 6 nitrogen and oxygen atoms in total. The first kappa shape index (κ1) is 25.2. The summed E-state index contributed by atoms with van der Waals surface area (Å²) in [7, 11) is 0. The van der Waals surface area contributed by atoms with Crippen molar-refractivity contribution in [2.45, 2.75) is 58.5 Å². The van der Waals surface area contributed by atoms with Crippen LogP contribution < -0.4 is 10.2 Å². The molecule has 33 heavy (non-hydrogen) atoms. The molecule has 1 saturated heterocycles. The highest BCUT2D eigenvalue weighted by molar-refractivity contribution is 5.94. The van der Waals surface area contributed by atoms with Gasteiger partial charge in [0.1, 0.15) is 6.23 Å². The molecule has 0 bridgehead atoms. The van der Waals surface area contributed by atoms with Crippen LogP contribution in [-0.2, 0) is 11.0 Å². The Balaban J connectivity index is 1.72. The Bertz CT molecular complexity index is 949. The predicted molar refractivity (Wildman–Crippen MR) is 123 cm³/mol. The van der Waals surface area contributed by atoms with Gasteiger partial charge in [-0.2, -0.15) is 13.2 Å². The average Bonchev–Trinajstić information content (AvgIpc) is 2.76. The van der Waals surface area contributed by atoms with Gasteiger partial charge in [0.25, 0.3) is 0 Å². The van der Waals surface area contributed by atoms with Gasteiger partial charge in [-0.15, -0.1) is 0 Å². The van der Waals surface area contributed by atoms with E-state index in [1.54, 1.807) is 12.1 Å². The quantitative estimate of drug-likeness (QED) is 0.575. The minimum Gasteiger partial charge on any atom is -0.378 e. The summed E-state index contributed by atoms with van der Waals surface area (Å²) in [4.78, 5) is 20.5. The number of rotatable bonds is 8. The van der Waals surface area contributed by atoms with Gasteiger partial charge in [0, 0.05) is 42.8 Å². The van der Waals surface area contributed by atoms with Crippen molar-refractivity contribution in [3.05, 3.63) is 36.0 Å². The molecule has 1 aromatic carbocycles. The second-order valence-corrected chi connectivity index (χ2v) is 8.78. The molecular weight excluding hydrogens is 433 g/mol. The minimum absolute atomic E-state index is 0.0632. The highest BCUT2D eigenvalue weighted by Crippen LogP contribution is 2.38. The molecule has 1 amide bonds. The standard InChI is InChI=1S/C24H33F3N4O2/c1-4-30(5-2)22(33)11-10-21(32)29-17-13-16(3)14-31(15-17)20-9-8-19(24(25,26)27)23-18(20)7-6-12-28-23/h6-9,12,16-17,22,33H,4-5,10-11,13-15H2,1-3H3,(H,29,32)/t16-,17+,22?/m0/s1. The number of benzene rings is 1. The Morgan fingerprint density at radius 3 is 2.67 bits per heavy atom. The summed E-state index contributed by atoms with van der Waals surface area (Å²) in [6, 6.07) is 5.77. The van der Waals surface area contributed by atoms with Crippen LogP contribution in [-0.4, -0.2) is 59.3 Å². The lowest BCUT2D eigenvalue weighted by Crippen LogP contribution is -2.50. The molecule has 1 aliphatic rings. The molecule has 1 aromatic heterocycles. The number of piperidine rings is 1. The minimum atomic E-state index is -4.48. The number of carbonyl (C=O) groups is 1. The maximum atomic E-state index is 13.5. The van der Waals surface area contributed by atoms with Gasteiger partial charge in [-0.1, -0.05) is 20.8 Å². The molecule has 1 unspecified atom stereocenters. The average molecular weight is 467 g/mol. The van der Waals surface area contributed by atoms with E-state index in [4.69, 9.17) is 0 Å². The van der Waals surface area contributed by atoms with Crippen molar-refractivity contribution < 1.29 is 23.1 Å². The SMILES string of the molecule is CCN(CC)C(O)CCC(=O)N[C@@H]1C[C@H](C)CN(c2ccc(C(F)(F)F)c3ncccc23)C1. The molecule has 0 saturated carbocycles. The summed E-state index contributed by atoms with van der Waals surface area (Å²) in [5.41, 5.74) is -0.121. The normalized spacial score (nSPS) is 20.3. The summed E-state index contributed by atoms with van der Waals surface area (Å²) in [6.07, 6.45) is -2.40. The maximum absolute atomic E-state index is 13.5. The van der Waals surface area contributed by atoms with Gasteiger partial charge >= 0.3 is 6.18 Å². The maximum Gasteiger partial charge on any atom is 0.418 e. The van der Waals surface area contributed by atoms with Gasteiger partial charge in [0.05, 0.1) is 11.1 Å². The van der Waals surface area contributed by atoms with Gasteiger partial charge in [-0.3, -0.25) is 14.7 Å². The van der Waals surface area contributed by atoms with Crippen molar-refractivity contribution in [2.24, 2.45) is 5.92 Å².